The van der Waals surface area contributed by atoms with Crippen LogP contribution in [0.4, 0.5) is 8.78 Å². The third kappa shape index (κ3) is 5.40. The van der Waals surface area contributed by atoms with Gasteiger partial charge in [-0.2, -0.15) is 0 Å². The molecule has 17 heavy (non-hydrogen) atoms. The Kier molecular flexibility index (Phi) is 5.03. The van der Waals surface area contributed by atoms with Crippen LogP contribution < -0.4 is 5.32 Å². The van der Waals surface area contributed by atoms with Gasteiger partial charge < -0.3 is 10.4 Å². The minimum absolute atomic E-state index is 0.158. The summed E-state index contributed by atoms with van der Waals surface area (Å²) >= 11 is 0. The number of hydrogen-bond acceptors (Lipinski definition) is 2. The predicted octanol–water partition coefficient (Wildman–Crippen LogP) is 1.36. The lowest BCUT2D eigenvalue weighted by Gasteiger charge is -2.13. The second kappa shape index (κ2) is 6.30. The molecule has 0 unspecified atom stereocenters. The maximum Gasteiger partial charge on any atom is 0.287 e. The van der Waals surface area contributed by atoms with Crippen molar-refractivity contribution in [2.45, 2.75) is 18.8 Å². The molecule has 3 nitrogen and oxygen atoms in total. The molecule has 0 saturated carbocycles. The van der Waals surface area contributed by atoms with Gasteiger partial charge in [-0.3, -0.25) is 4.79 Å². The lowest BCUT2D eigenvalue weighted by Crippen LogP contribution is -2.39. The lowest BCUT2D eigenvalue weighted by atomic mass is 10.1. The molecule has 0 aliphatic carbocycles. The summed E-state index contributed by atoms with van der Waals surface area (Å²) in [7, 11) is 0. The summed E-state index contributed by atoms with van der Waals surface area (Å²) in [5, 5.41) is 10.4. The largest absolute Gasteiger partial charge is 0.390 e. The van der Waals surface area contributed by atoms with Gasteiger partial charge in [0.05, 0.1) is 6.54 Å². The Balaban J connectivity index is 2.27. The number of carbonyl (C=O) groups is 1. The fourth-order valence-electron chi connectivity index (χ4n) is 1.27. The van der Waals surface area contributed by atoms with Crippen molar-refractivity contribution in [2.24, 2.45) is 0 Å². The minimum Gasteiger partial charge on any atom is -0.390 e. The van der Waals surface area contributed by atoms with Crippen LogP contribution in [-0.4, -0.2) is 30.1 Å². The first-order valence-corrected chi connectivity index (χ1v) is 5.33. The highest BCUT2D eigenvalue weighted by atomic mass is 19.3. The van der Waals surface area contributed by atoms with E-state index >= 15 is 0 Å². The number of halogens is 2. The number of aliphatic hydroxyl groups is 1. The number of carbonyl (C=O) groups excluding carboxylic acids is 1. The first kappa shape index (κ1) is 13.6. The van der Waals surface area contributed by atoms with Crippen molar-refractivity contribution in [1.29, 1.82) is 0 Å². The monoisotopic (exact) mass is 243 g/mol. The summed E-state index contributed by atoms with van der Waals surface area (Å²) in [5.41, 5.74) is 0.983. The molecule has 0 aliphatic rings. The van der Waals surface area contributed by atoms with E-state index in [4.69, 9.17) is 5.11 Å². The maximum atomic E-state index is 12.6. The molecule has 0 saturated heterocycles. The summed E-state index contributed by atoms with van der Waals surface area (Å²) in [6.07, 6.45) is 0.670. The van der Waals surface area contributed by atoms with Crippen LogP contribution in [0.15, 0.2) is 30.3 Å². The Labute approximate surface area is 98.5 Å². The van der Waals surface area contributed by atoms with Crippen LogP contribution in [0.1, 0.15) is 12.0 Å². The normalized spacial score (nSPS) is 11.2. The second-order valence-electron chi connectivity index (χ2n) is 3.78. The van der Waals surface area contributed by atoms with Crippen molar-refractivity contribution in [1.82, 2.24) is 5.32 Å². The van der Waals surface area contributed by atoms with E-state index in [2.05, 4.69) is 5.32 Å². The number of alkyl halides is 2. The number of benzene rings is 1. The summed E-state index contributed by atoms with van der Waals surface area (Å²) < 4.78 is 25.2. The van der Waals surface area contributed by atoms with Gasteiger partial charge in [0.2, 0.25) is 5.91 Å². The molecule has 1 aromatic rings. The molecule has 94 valence electrons. The predicted molar refractivity (Wildman–Crippen MR) is 59.8 cm³/mol. The van der Waals surface area contributed by atoms with Crippen LogP contribution in [0, 0.1) is 0 Å². The SMILES string of the molecule is O=C(CCc1ccccc1)NCC(F)(F)CO. The number of nitrogens with one attached hydrogen (secondary N) is 1. The highest BCUT2D eigenvalue weighted by Crippen LogP contribution is 2.10. The standard InChI is InChI=1S/C12H15F2NO2/c13-12(14,9-16)8-15-11(17)7-6-10-4-2-1-3-5-10/h1-5,16H,6-9H2,(H,15,17). The molecule has 0 bridgehead atoms. The van der Waals surface area contributed by atoms with Gasteiger partial charge in [0.25, 0.3) is 5.92 Å². The fourth-order valence-corrected chi connectivity index (χ4v) is 1.27. The van der Waals surface area contributed by atoms with E-state index in [9.17, 15) is 13.6 Å². The van der Waals surface area contributed by atoms with Crippen LogP contribution in [0.5, 0.6) is 0 Å². The van der Waals surface area contributed by atoms with Crippen LogP contribution in [0.2, 0.25) is 0 Å². The molecule has 1 aromatic carbocycles. The van der Waals surface area contributed by atoms with E-state index in [0.717, 1.165) is 5.56 Å². The van der Waals surface area contributed by atoms with Crippen molar-refractivity contribution in [3.05, 3.63) is 35.9 Å². The molecule has 1 amide bonds. The summed E-state index contributed by atoms with van der Waals surface area (Å²) in [6.45, 7) is -2.08. The molecule has 0 heterocycles. The smallest absolute Gasteiger partial charge is 0.287 e. The Morgan fingerprint density at radius 2 is 1.94 bits per heavy atom. The minimum atomic E-state index is -3.25. The summed E-state index contributed by atoms with van der Waals surface area (Å²) in [4.78, 5) is 11.3. The first-order valence-electron chi connectivity index (χ1n) is 5.33. The Morgan fingerprint density at radius 1 is 1.29 bits per heavy atom. The zero-order chi connectivity index (χ0) is 12.7. The van der Waals surface area contributed by atoms with E-state index < -0.39 is 25.0 Å². The molecule has 0 spiro atoms. The van der Waals surface area contributed by atoms with Crippen LogP contribution in [-0.2, 0) is 11.2 Å². The van der Waals surface area contributed by atoms with Gasteiger partial charge in [-0.15, -0.1) is 0 Å². The van der Waals surface area contributed by atoms with E-state index in [0.29, 0.717) is 6.42 Å². The van der Waals surface area contributed by atoms with Gasteiger partial charge in [-0.1, -0.05) is 30.3 Å². The van der Waals surface area contributed by atoms with Crippen molar-refractivity contribution in [3.8, 4) is 0 Å². The van der Waals surface area contributed by atoms with Gasteiger partial charge in [0.15, 0.2) is 0 Å². The molecular weight excluding hydrogens is 228 g/mol. The molecular formula is C12H15F2NO2. The zero-order valence-electron chi connectivity index (χ0n) is 9.33. The highest BCUT2D eigenvalue weighted by molar-refractivity contribution is 5.76. The molecule has 0 fully saturated rings. The van der Waals surface area contributed by atoms with Gasteiger partial charge in [0, 0.05) is 6.42 Å². The molecule has 0 radical (unpaired) electrons. The van der Waals surface area contributed by atoms with E-state index in [1.165, 1.54) is 0 Å². The zero-order valence-corrected chi connectivity index (χ0v) is 9.33. The molecule has 0 aliphatic heterocycles. The van der Waals surface area contributed by atoms with E-state index in [1.807, 2.05) is 30.3 Å². The van der Waals surface area contributed by atoms with Crippen molar-refractivity contribution in [3.63, 3.8) is 0 Å². The molecule has 1 rings (SSSR count). The quantitative estimate of drug-likeness (QED) is 0.792. The summed E-state index contributed by atoms with van der Waals surface area (Å²) in [6, 6.07) is 9.32. The molecule has 5 heteroatoms. The van der Waals surface area contributed by atoms with Gasteiger partial charge in [0.1, 0.15) is 6.61 Å². The number of amides is 1. The third-order valence-electron chi connectivity index (χ3n) is 2.26. The number of aliphatic hydroxyl groups excluding tert-OH is 1. The van der Waals surface area contributed by atoms with Gasteiger partial charge >= 0.3 is 0 Å². The van der Waals surface area contributed by atoms with E-state index in [1.54, 1.807) is 0 Å². The number of rotatable bonds is 6. The average Bonchev–Trinajstić information content (AvgIpc) is 2.35. The first-order chi connectivity index (χ1) is 8.03. The third-order valence-corrected chi connectivity index (χ3v) is 2.26. The number of hydrogen-bond donors (Lipinski definition) is 2. The van der Waals surface area contributed by atoms with Crippen molar-refractivity contribution < 1.29 is 18.7 Å². The Hall–Kier alpha value is -1.49. The molecule has 2 N–H and O–H groups in total. The van der Waals surface area contributed by atoms with Crippen molar-refractivity contribution in [2.75, 3.05) is 13.2 Å². The Morgan fingerprint density at radius 3 is 2.53 bits per heavy atom. The highest BCUT2D eigenvalue weighted by Gasteiger charge is 2.27. The molecule has 0 atom stereocenters. The lowest BCUT2D eigenvalue weighted by molar-refractivity contribution is -0.124. The topological polar surface area (TPSA) is 49.3 Å². The van der Waals surface area contributed by atoms with Gasteiger partial charge in [-0.25, -0.2) is 8.78 Å². The van der Waals surface area contributed by atoms with E-state index in [-0.39, 0.29) is 6.42 Å². The Bertz CT molecular complexity index is 355. The van der Waals surface area contributed by atoms with Crippen LogP contribution >= 0.6 is 0 Å². The number of aryl methyl sites for hydroxylation is 1. The average molecular weight is 243 g/mol. The van der Waals surface area contributed by atoms with Gasteiger partial charge in [-0.05, 0) is 12.0 Å². The molecule has 0 aromatic heterocycles. The second-order valence-corrected chi connectivity index (χ2v) is 3.78. The maximum absolute atomic E-state index is 12.6. The fraction of sp³-hybridized carbons (Fsp3) is 0.417. The van der Waals surface area contributed by atoms with Crippen molar-refractivity contribution >= 4 is 5.91 Å². The van der Waals surface area contributed by atoms with Crippen LogP contribution in [0.25, 0.3) is 0 Å². The van der Waals surface area contributed by atoms with Crippen LogP contribution in [0.3, 0.4) is 0 Å². The summed E-state index contributed by atoms with van der Waals surface area (Å²) in [5.74, 6) is -3.69.